The smallest absolute Gasteiger partial charge is 0.358 e. The van der Waals surface area contributed by atoms with Crippen molar-refractivity contribution < 1.29 is 23.6 Å². The highest BCUT2D eigenvalue weighted by Crippen LogP contribution is 2.22. The number of rotatable bonds is 5. The number of nitrogens with zero attached hydrogens (tertiary/aromatic N) is 3. The van der Waals surface area contributed by atoms with Gasteiger partial charge in [-0.2, -0.15) is 9.49 Å². The molecule has 0 aliphatic carbocycles. The van der Waals surface area contributed by atoms with E-state index in [9.17, 15) is 24.1 Å². The van der Waals surface area contributed by atoms with Gasteiger partial charge in [-0.05, 0) is 24.3 Å². The summed E-state index contributed by atoms with van der Waals surface area (Å²) in [4.78, 5) is 34.5. The van der Waals surface area contributed by atoms with Crippen LogP contribution in [0.5, 0.6) is 0 Å². The Labute approximate surface area is 157 Å². The summed E-state index contributed by atoms with van der Waals surface area (Å²) in [6.07, 6.45) is 0. The van der Waals surface area contributed by atoms with E-state index in [0.29, 0.717) is 5.69 Å². The van der Waals surface area contributed by atoms with Crippen LogP contribution in [0.2, 0.25) is 0 Å². The van der Waals surface area contributed by atoms with Crippen molar-refractivity contribution in [3.05, 3.63) is 81.9 Å². The van der Waals surface area contributed by atoms with Crippen LogP contribution in [0, 0.1) is 15.9 Å². The molecule has 1 amide bonds. The van der Waals surface area contributed by atoms with Crippen LogP contribution < -0.4 is 5.32 Å². The van der Waals surface area contributed by atoms with E-state index in [4.69, 9.17) is 0 Å². The molecule has 0 spiro atoms. The lowest BCUT2D eigenvalue weighted by atomic mass is 10.2. The summed E-state index contributed by atoms with van der Waals surface area (Å²) in [5.41, 5.74) is -0.365. The summed E-state index contributed by atoms with van der Waals surface area (Å²) in [6.45, 7) is 0. The Morgan fingerprint density at radius 2 is 1.89 bits per heavy atom. The fourth-order valence-electron chi connectivity index (χ4n) is 2.44. The number of amides is 1. The quantitative estimate of drug-likeness (QED) is 0.411. The number of halogens is 1. The van der Waals surface area contributed by atoms with Gasteiger partial charge >= 0.3 is 11.7 Å². The maximum absolute atomic E-state index is 13.5. The molecule has 0 atom stereocenters. The standard InChI is InChI=1S/C18H13FN4O5/c1-28-18(25)14-10-16(22(21-14)12-5-3-2-4-6-12)17(24)20-11-7-8-13(19)15(9-11)23(26)27/h2-10H,1H3,(H,20,24). The summed E-state index contributed by atoms with van der Waals surface area (Å²) in [5.74, 6) is -2.46. The number of nitrogens with one attached hydrogen (secondary N) is 1. The number of carbonyl (C=O) groups excluding carboxylic acids is 2. The summed E-state index contributed by atoms with van der Waals surface area (Å²) in [6, 6.07) is 12.8. The molecule has 0 radical (unpaired) electrons. The van der Waals surface area contributed by atoms with Crippen LogP contribution in [-0.4, -0.2) is 33.7 Å². The molecule has 0 saturated carbocycles. The third-order valence-corrected chi connectivity index (χ3v) is 3.74. The number of nitro benzene ring substituents is 1. The van der Waals surface area contributed by atoms with Crippen LogP contribution in [0.1, 0.15) is 21.0 Å². The van der Waals surface area contributed by atoms with Crippen molar-refractivity contribution in [2.75, 3.05) is 12.4 Å². The largest absolute Gasteiger partial charge is 0.464 e. The molecule has 3 aromatic rings. The molecule has 0 aliphatic heterocycles. The minimum Gasteiger partial charge on any atom is -0.464 e. The highest BCUT2D eigenvalue weighted by Gasteiger charge is 2.22. The maximum Gasteiger partial charge on any atom is 0.358 e. The monoisotopic (exact) mass is 384 g/mol. The average Bonchev–Trinajstić information content (AvgIpc) is 3.15. The zero-order chi connectivity index (χ0) is 20.3. The number of para-hydroxylation sites is 1. The zero-order valence-electron chi connectivity index (χ0n) is 14.5. The Bertz CT molecular complexity index is 1070. The highest BCUT2D eigenvalue weighted by molar-refractivity contribution is 6.05. The molecule has 2 aromatic carbocycles. The van der Waals surface area contributed by atoms with Crippen LogP contribution in [0.4, 0.5) is 15.8 Å². The Kier molecular flexibility index (Phi) is 5.12. The molecule has 0 saturated heterocycles. The van der Waals surface area contributed by atoms with Crippen molar-refractivity contribution >= 4 is 23.3 Å². The third-order valence-electron chi connectivity index (χ3n) is 3.74. The van der Waals surface area contributed by atoms with E-state index < -0.39 is 28.3 Å². The molecule has 10 heteroatoms. The first-order chi connectivity index (χ1) is 13.4. The van der Waals surface area contributed by atoms with E-state index in [1.165, 1.54) is 23.9 Å². The van der Waals surface area contributed by atoms with Crippen LogP contribution in [-0.2, 0) is 4.74 Å². The second-order valence-corrected chi connectivity index (χ2v) is 5.53. The molecule has 0 fully saturated rings. The molecule has 1 N–H and O–H groups in total. The van der Waals surface area contributed by atoms with E-state index >= 15 is 0 Å². The van der Waals surface area contributed by atoms with E-state index in [2.05, 4.69) is 15.2 Å². The maximum atomic E-state index is 13.5. The minimum absolute atomic E-state index is 0.0125. The summed E-state index contributed by atoms with van der Waals surface area (Å²) in [7, 11) is 1.18. The van der Waals surface area contributed by atoms with Crippen LogP contribution >= 0.6 is 0 Å². The molecule has 9 nitrogen and oxygen atoms in total. The van der Waals surface area contributed by atoms with Gasteiger partial charge in [0.15, 0.2) is 5.69 Å². The molecular weight excluding hydrogens is 371 g/mol. The summed E-state index contributed by atoms with van der Waals surface area (Å²) in [5, 5.41) is 17.4. The van der Waals surface area contributed by atoms with E-state index in [1.807, 2.05) is 0 Å². The van der Waals surface area contributed by atoms with Gasteiger partial charge < -0.3 is 10.1 Å². The molecule has 0 bridgehead atoms. The van der Waals surface area contributed by atoms with Gasteiger partial charge in [0.25, 0.3) is 5.91 Å². The average molecular weight is 384 g/mol. The van der Waals surface area contributed by atoms with Crippen molar-refractivity contribution in [3.63, 3.8) is 0 Å². The van der Waals surface area contributed by atoms with Crippen LogP contribution in [0.15, 0.2) is 54.6 Å². The van der Waals surface area contributed by atoms with Gasteiger partial charge in [0.2, 0.25) is 5.82 Å². The first-order valence-corrected chi connectivity index (χ1v) is 7.90. The lowest BCUT2D eigenvalue weighted by Crippen LogP contribution is -2.17. The number of carbonyl (C=O) groups is 2. The fraction of sp³-hybridized carbons (Fsp3) is 0.0556. The number of hydrogen-bond acceptors (Lipinski definition) is 6. The number of aromatic nitrogens is 2. The molecule has 1 heterocycles. The van der Waals surface area contributed by atoms with Gasteiger partial charge in [0.1, 0.15) is 5.69 Å². The second-order valence-electron chi connectivity index (χ2n) is 5.53. The number of methoxy groups -OCH3 is 1. The predicted octanol–water partition coefficient (Wildman–Crippen LogP) is 2.96. The van der Waals surface area contributed by atoms with Crippen LogP contribution in [0.3, 0.4) is 0 Å². The number of benzene rings is 2. The van der Waals surface area contributed by atoms with Gasteiger partial charge in [0.05, 0.1) is 17.7 Å². The second kappa shape index (κ2) is 7.66. The lowest BCUT2D eigenvalue weighted by molar-refractivity contribution is -0.387. The number of nitro groups is 1. The van der Waals surface area contributed by atoms with Gasteiger partial charge in [-0.25, -0.2) is 9.48 Å². The van der Waals surface area contributed by atoms with Crippen molar-refractivity contribution in [1.29, 1.82) is 0 Å². The van der Waals surface area contributed by atoms with Gasteiger partial charge in [-0.3, -0.25) is 14.9 Å². The lowest BCUT2D eigenvalue weighted by Gasteiger charge is -2.08. The molecule has 0 unspecified atom stereocenters. The predicted molar refractivity (Wildman–Crippen MR) is 95.9 cm³/mol. The van der Waals surface area contributed by atoms with Gasteiger partial charge in [-0.15, -0.1) is 0 Å². The molecule has 3 rings (SSSR count). The summed E-state index contributed by atoms with van der Waals surface area (Å²) >= 11 is 0. The molecule has 28 heavy (non-hydrogen) atoms. The number of anilines is 1. The van der Waals surface area contributed by atoms with Crippen molar-refractivity contribution in [2.45, 2.75) is 0 Å². The highest BCUT2D eigenvalue weighted by atomic mass is 19.1. The van der Waals surface area contributed by atoms with Crippen molar-refractivity contribution in [1.82, 2.24) is 9.78 Å². The van der Waals surface area contributed by atoms with Crippen molar-refractivity contribution in [2.24, 2.45) is 0 Å². The zero-order valence-corrected chi connectivity index (χ0v) is 14.5. The van der Waals surface area contributed by atoms with Crippen LogP contribution in [0.25, 0.3) is 5.69 Å². The molecule has 1 aromatic heterocycles. The summed E-state index contributed by atoms with van der Waals surface area (Å²) < 4.78 is 19.3. The topological polar surface area (TPSA) is 116 Å². The molecular formula is C18H13FN4O5. The first kappa shape index (κ1) is 18.7. The third kappa shape index (κ3) is 3.70. The minimum atomic E-state index is -1.02. The Morgan fingerprint density at radius 3 is 2.54 bits per heavy atom. The SMILES string of the molecule is COC(=O)c1cc(C(=O)Nc2ccc(F)c([N+](=O)[O-])c2)n(-c2ccccc2)n1. The number of ether oxygens (including phenoxy) is 1. The normalized spacial score (nSPS) is 10.4. The fourth-order valence-corrected chi connectivity index (χ4v) is 2.44. The van der Waals surface area contributed by atoms with E-state index in [1.54, 1.807) is 30.3 Å². The van der Waals surface area contributed by atoms with Gasteiger partial charge in [-0.1, -0.05) is 18.2 Å². The van der Waals surface area contributed by atoms with E-state index in [-0.39, 0.29) is 17.1 Å². The molecule has 0 aliphatic rings. The first-order valence-electron chi connectivity index (χ1n) is 7.90. The Hall–Kier alpha value is -4.08. The van der Waals surface area contributed by atoms with Crippen molar-refractivity contribution in [3.8, 4) is 5.69 Å². The Balaban J connectivity index is 1.99. The number of hydrogen-bond donors (Lipinski definition) is 1. The van der Waals surface area contributed by atoms with Gasteiger partial charge in [0, 0.05) is 17.8 Å². The number of esters is 1. The Morgan fingerprint density at radius 1 is 1.18 bits per heavy atom. The van der Waals surface area contributed by atoms with E-state index in [0.717, 1.165) is 12.1 Å². The molecule has 142 valence electrons.